The molecular formula is C14H15NO2. The minimum Gasteiger partial charge on any atom is -0.491 e. The molecule has 0 N–H and O–H groups in total. The Morgan fingerprint density at radius 3 is 2.88 bits per heavy atom. The fraction of sp³-hybridized carbons (Fsp3) is 0.286. The first-order chi connectivity index (χ1) is 8.22. The Hall–Kier alpha value is -1.90. The Kier molecular flexibility index (Phi) is 3.38. The van der Waals surface area contributed by atoms with Crippen molar-refractivity contribution in [2.75, 3.05) is 6.61 Å². The van der Waals surface area contributed by atoms with Crippen molar-refractivity contribution in [3.63, 3.8) is 0 Å². The second-order valence-electron chi connectivity index (χ2n) is 4.38. The van der Waals surface area contributed by atoms with Crippen molar-refractivity contribution >= 4 is 17.2 Å². The van der Waals surface area contributed by atoms with Crippen LogP contribution in [0.1, 0.15) is 24.2 Å². The Morgan fingerprint density at radius 2 is 2.18 bits per heavy atom. The summed E-state index contributed by atoms with van der Waals surface area (Å²) < 4.78 is 5.70. The van der Waals surface area contributed by atoms with Crippen molar-refractivity contribution in [2.24, 2.45) is 5.92 Å². The van der Waals surface area contributed by atoms with E-state index >= 15 is 0 Å². The molecule has 2 rings (SSSR count). The predicted molar refractivity (Wildman–Crippen MR) is 67.5 cm³/mol. The summed E-state index contributed by atoms with van der Waals surface area (Å²) in [7, 11) is 0. The number of pyridine rings is 1. The Labute approximate surface area is 100 Å². The van der Waals surface area contributed by atoms with Crippen LogP contribution in [0.15, 0.2) is 30.5 Å². The van der Waals surface area contributed by atoms with Gasteiger partial charge in [0.05, 0.1) is 6.61 Å². The van der Waals surface area contributed by atoms with E-state index in [0.29, 0.717) is 18.1 Å². The summed E-state index contributed by atoms with van der Waals surface area (Å²) >= 11 is 0. The van der Waals surface area contributed by atoms with Crippen molar-refractivity contribution in [1.82, 2.24) is 4.98 Å². The van der Waals surface area contributed by atoms with Gasteiger partial charge in [0, 0.05) is 17.1 Å². The smallest absolute Gasteiger partial charge is 0.150 e. The lowest BCUT2D eigenvalue weighted by Crippen LogP contribution is -2.05. The van der Waals surface area contributed by atoms with Crippen LogP contribution in [0.4, 0.5) is 0 Å². The summed E-state index contributed by atoms with van der Waals surface area (Å²) in [5.74, 6) is 1.19. The highest BCUT2D eigenvalue weighted by molar-refractivity contribution is 5.98. The van der Waals surface area contributed by atoms with Crippen LogP contribution in [-0.2, 0) is 0 Å². The van der Waals surface area contributed by atoms with Crippen LogP contribution < -0.4 is 4.74 Å². The molecule has 0 spiro atoms. The zero-order valence-corrected chi connectivity index (χ0v) is 10.0. The number of carbonyl (C=O) groups excluding carboxylic acids is 1. The highest BCUT2D eigenvalue weighted by atomic mass is 16.5. The normalized spacial score (nSPS) is 10.8. The molecule has 1 aromatic carbocycles. The predicted octanol–water partition coefficient (Wildman–Crippen LogP) is 3.08. The number of hydrogen-bond acceptors (Lipinski definition) is 3. The van der Waals surface area contributed by atoms with E-state index in [0.717, 1.165) is 22.9 Å². The third kappa shape index (κ3) is 2.44. The van der Waals surface area contributed by atoms with E-state index in [-0.39, 0.29) is 0 Å². The van der Waals surface area contributed by atoms with Crippen LogP contribution in [0.25, 0.3) is 10.9 Å². The monoisotopic (exact) mass is 229 g/mol. The van der Waals surface area contributed by atoms with Gasteiger partial charge in [-0.3, -0.25) is 9.78 Å². The highest BCUT2D eigenvalue weighted by Crippen LogP contribution is 2.26. The molecule has 3 nitrogen and oxygen atoms in total. The third-order valence-corrected chi connectivity index (χ3v) is 2.47. The van der Waals surface area contributed by atoms with E-state index in [2.05, 4.69) is 18.8 Å². The first-order valence-corrected chi connectivity index (χ1v) is 5.68. The Balaban J connectivity index is 2.47. The molecule has 0 bridgehead atoms. The Bertz CT molecular complexity index is 535. The maximum atomic E-state index is 10.9. The summed E-state index contributed by atoms with van der Waals surface area (Å²) in [5.41, 5.74) is 1.39. The summed E-state index contributed by atoms with van der Waals surface area (Å²) in [6, 6.07) is 7.28. The molecule has 2 aromatic rings. The molecule has 0 aliphatic heterocycles. The van der Waals surface area contributed by atoms with Gasteiger partial charge >= 0.3 is 0 Å². The van der Waals surface area contributed by atoms with Gasteiger partial charge in [0.15, 0.2) is 6.29 Å². The van der Waals surface area contributed by atoms with Crippen LogP contribution >= 0.6 is 0 Å². The van der Waals surface area contributed by atoms with Crippen molar-refractivity contribution in [3.8, 4) is 5.75 Å². The van der Waals surface area contributed by atoms with Crippen LogP contribution in [0.3, 0.4) is 0 Å². The number of carbonyl (C=O) groups is 1. The van der Waals surface area contributed by atoms with Gasteiger partial charge in [-0.1, -0.05) is 19.9 Å². The number of aromatic nitrogens is 1. The number of fused-ring (bicyclic) bond motifs is 1. The van der Waals surface area contributed by atoms with Crippen LogP contribution in [0.5, 0.6) is 5.75 Å². The molecule has 0 saturated carbocycles. The second-order valence-corrected chi connectivity index (χ2v) is 4.38. The fourth-order valence-electron chi connectivity index (χ4n) is 1.64. The van der Waals surface area contributed by atoms with Crippen molar-refractivity contribution < 1.29 is 9.53 Å². The molecule has 0 aliphatic carbocycles. The summed E-state index contributed by atoms with van der Waals surface area (Å²) in [6.07, 6.45) is 2.55. The van der Waals surface area contributed by atoms with E-state index in [1.807, 2.05) is 12.1 Å². The number of nitrogens with zero attached hydrogens (tertiary/aromatic N) is 1. The molecular weight excluding hydrogens is 214 g/mol. The van der Waals surface area contributed by atoms with Gasteiger partial charge in [-0.15, -0.1) is 0 Å². The molecule has 0 unspecified atom stereocenters. The third-order valence-electron chi connectivity index (χ3n) is 2.47. The number of benzene rings is 1. The number of aldehydes is 1. The molecule has 0 aliphatic rings. The average Bonchev–Trinajstić information content (AvgIpc) is 2.35. The molecule has 1 aromatic heterocycles. The van der Waals surface area contributed by atoms with Gasteiger partial charge in [0.25, 0.3) is 0 Å². The number of rotatable bonds is 4. The molecule has 3 heteroatoms. The van der Waals surface area contributed by atoms with E-state index in [1.165, 1.54) is 0 Å². The summed E-state index contributed by atoms with van der Waals surface area (Å²) in [6.45, 7) is 4.83. The van der Waals surface area contributed by atoms with Crippen molar-refractivity contribution in [1.29, 1.82) is 0 Å². The molecule has 1 heterocycles. The SMILES string of the molecule is CC(C)COc1ccc(C=O)c2cccnc12. The summed E-state index contributed by atoms with van der Waals surface area (Å²) in [5, 5.41) is 0.837. The van der Waals surface area contributed by atoms with Gasteiger partial charge in [0.2, 0.25) is 0 Å². The minimum absolute atomic E-state index is 0.458. The van der Waals surface area contributed by atoms with Gasteiger partial charge < -0.3 is 4.74 Å². The highest BCUT2D eigenvalue weighted by Gasteiger charge is 2.07. The first kappa shape index (κ1) is 11.6. The van der Waals surface area contributed by atoms with Gasteiger partial charge in [-0.25, -0.2) is 0 Å². The van der Waals surface area contributed by atoms with E-state index in [1.54, 1.807) is 18.3 Å². The van der Waals surface area contributed by atoms with E-state index in [9.17, 15) is 4.79 Å². The lowest BCUT2D eigenvalue weighted by atomic mass is 10.1. The van der Waals surface area contributed by atoms with Gasteiger partial charge in [0.1, 0.15) is 11.3 Å². The number of hydrogen-bond donors (Lipinski definition) is 0. The maximum absolute atomic E-state index is 10.9. The van der Waals surface area contributed by atoms with E-state index < -0.39 is 0 Å². The lowest BCUT2D eigenvalue weighted by Gasteiger charge is -2.11. The topological polar surface area (TPSA) is 39.2 Å². The summed E-state index contributed by atoms with van der Waals surface area (Å²) in [4.78, 5) is 15.2. The van der Waals surface area contributed by atoms with Crippen LogP contribution in [0, 0.1) is 5.92 Å². The quantitative estimate of drug-likeness (QED) is 0.756. The van der Waals surface area contributed by atoms with Crippen LogP contribution in [-0.4, -0.2) is 17.9 Å². The fourth-order valence-corrected chi connectivity index (χ4v) is 1.64. The largest absolute Gasteiger partial charge is 0.491 e. The van der Waals surface area contributed by atoms with Crippen molar-refractivity contribution in [2.45, 2.75) is 13.8 Å². The Morgan fingerprint density at radius 1 is 1.35 bits per heavy atom. The molecule has 0 amide bonds. The molecule has 0 atom stereocenters. The molecule has 17 heavy (non-hydrogen) atoms. The first-order valence-electron chi connectivity index (χ1n) is 5.68. The van der Waals surface area contributed by atoms with E-state index in [4.69, 9.17) is 4.74 Å². The van der Waals surface area contributed by atoms with Crippen molar-refractivity contribution in [3.05, 3.63) is 36.0 Å². The molecule has 0 saturated heterocycles. The van der Waals surface area contributed by atoms with Gasteiger partial charge in [-0.05, 0) is 24.1 Å². The maximum Gasteiger partial charge on any atom is 0.150 e. The minimum atomic E-state index is 0.458. The number of ether oxygens (including phenoxy) is 1. The lowest BCUT2D eigenvalue weighted by molar-refractivity contribution is 0.112. The zero-order valence-electron chi connectivity index (χ0n) is 10.0. The molecule has 0 fully saturated rings. The second kappa shape index (κ2) is 4.95. The van der Waals surface area contributed by atoms with Crippen LogP contribution in [0.2, 0.25) is 0 Å². The average molecular weight is 229 g/mol. The molecule has 88 valence electrons. The van der Waals surface area contributed by atoms with Gasteiger partial charge in [-0.2, -0.15) is 0 Å². The zero-order chi connectivity index (χ0) is 12.3. The standard InChI is InChI=1S/C14H15NO2/c1-10(2)9-17-13-6-5-11(8-16)12-4-3-7-15-14(12)13/h3-8,10H,9H2,1-2H3. The molecule has 0 radical (unpaired) electrons.